The van der Waals surface area contributed by atoms with Gasteiger partial charge in [0.2, 0.25) is 0 Å². The molecule has 0 unspecified atom stereocenters. The molecule has 0 saturated carbocycles. The monoisotopic (exact) mass is 591 g/mol. The van der Waals surface area contributed by atoms with E-state index in [4.69, 9.17) is 0 Å². The Kier molecular flexibility index (Phi) is 7.04. The zero-order chi connectivity index (χ0) is 24.5. The molecule has 0 atom stereocenters. The van der Waals surface area contributed by atoms with E-state index < -0.39 is 11.7 Å². The van der Waals surface area contributed by atoms with Gasteiger partial charge in [0.05, 0.1) is 22.7 Å². The van der Waals surface area contributed by atoms with Crippen LogP contribution in [0.3, 0.4) is 0 Å². The van der Waals surface area contributed by atoms with E-state index in [1.165, 1.54) is 6.07 Å². The molecule has 3 N–H and O–H groups in total. The molecule has 0 bridgehead atoms. The second-order valence-corrected chi connectivity index (χ2v) is 11.1. The third-order valence-corrected chi connectivity index (χ3v) is 7.32. The highest BCUT2D eigenvalue weighted by Gasteiger charge is 2.34. The Morgan fingerprint density at radius 2 is 1.91 bits per heavy atom. The van der Waals surface area contributed by atoms with E-state index in [1.54, 1.807) is 36.4 Å². The molecule has 9 heteroatoms. The second-order valence-electron chi connectivity index (χ2n) is 8.86. The van der Waals surface area contributed by atoms with Crippen LogP contribution in [-0.4, -0.2) is 30.7 Å². The molecule has 2 heterocycles. The van der Waals surface area contributed by atoms with Crippen molar-refractivity contribution in [3.05, 3.63) is 79.5 Å². The quantitative estimate of drug-likeness (QED) is 0.273. The molecule has 0 radical (unpaired) electrons. The SMILES string of the molecule is CC1(C)CNC(=O)c2sc(Nc3ccc(I)cc3F)c(C(=O)NCC(=O)c3ccccc3)c2C1. The van der Waals surface area contributed by atoms with Crippen molar-refractivity contribution in [3.63, 3.8) is 0 Å². The summed E-state index contributed by atoms with van der Waals surface area (Å²) in [6.45, 7) is 4.29. The first-order chi connectivity index (χ1) is 16.1. The van der Waals surface area contributed by atoms with E-state index in [-0.39, 0.29) is 34.9 Å². The van der Waals surface area contributed by atoms with Crippen molar-refractivity contribution < 1.29 is 18.8 Å². The molecule has 1 aliphatic heterocycles. The summed E-state index contributed by atoms with van der Waals surface area (Å²) in [5.74, 6) is -1.45. The molecule has 3 aromatic rings. The highest BCUT2D eigenvalue weighted by molar-refractivity contribution is 14.1. The van der Waals surface area contributed by atoms with E-state index >= 15 is 0 Å². The smallest absolute Gasteiger partial charge is 0.261 e. The Balaban J connectivity index is 1.70. The van der Waals surface area contributed by atoms with Crippen molar-refractivity contribution >= 4 is 62.2 Å². The Bertz CT molecular complexity index is 1270. The summed E-state index contributed by atoms with van der Waals surface area (Å²) in [5.41, 5.74) is 1.27. The molecule has 176 valence electrons. The number of hydrogen-bond acceptors (Lipinski definition) is 5. The lowest BCUT2D eigenvalue weighted by atomic mass is 9.85. The van der Waals surface area contributed by atoms with Crippen LogP contribution in [0.5, 0.6) is 0 Å². The first-order valence-corrected chi connectivity index (χ1v) is 12.6. The molecule has 2 amide bonds. The molecule has 0 spiro atoms. The average molecular weight is 591 g/mol. The van der Waals surface area contributed by atoms with E-state index in [0.29, 0.717) is 34.0 Å². The number of Topliss-reactive ketones (excluding diaryl/α,β-unsaturated/α-hetero) is 1. The lowest BCUT2D eigenvalue weighted by Gasteiger charge is -2.22. The van der Waals surface area contributed by atoms with Gasteiger partial charge in [0.25, 0.3) is 11.8 Å². The summed E-state index contributed by atoms with van der Waals surface area (Å²) < 4.78 is 15.3. The topological polar surface area (TPSA) is 87.3 Å². The Morgan fingerprint density at radius 3 is 2.62 bits per heavy atom. The van der Waals surface area contributed by atoms with Crippen molar-refractivity contribution in [1.82, 2.24) is 10.6 Å². The minimum Gasteiger partial charge on any atom is -0.351 e. The fourth-order valence-corrected chi connectivity index (χ4v) is 5.37. The predicted octanol–water partition coefficient (Wildman–Crippen LogP) is 5.16. The number of halogens is 2. The third-order valence-electron chi connectivity index (χ3n) is 5.51. The Labute approximate surface area is 214 Å². The number of anilines is 2. The van der Waals surface area contributed by atoms with Crippen LogP contribution in [0.2, 0.25) is 0 Å². The van der Waals surface area contributed by atoms with Gasteiger partial charge in [0, 0.05) is 15.7 Å². The number of ketones is 1. The number of benzene rings is 2. The molecule has 0 saturated heterocycles. The van der Waals surface area contributed by atoms with E-state index in [9.17, 15) is 18.8 Å². The minimum atomic E-state index is -0.485. The number of amides is 2. The van der Waals surface area contributed by atoms with Crippen LogP contribution in [0.1, 0.15) is 49.8 Å². The summed E-state index contributed by atoms with van der Waals surface area (Å²) in [7, 11) is 0. The van der Waals surface area contributed by atoms with Gasteiger partial charge in [-0.3, -0.25) is 14.4 Å². The van der Waals surface area contributed by atoms with Crippen LogP contribution in [0.15, 0.2) is 48.5 Å². The molecular formula is C25H23FIN3O3S. The predicted molar refractivity (Wildman–Crippen MR) is 140 cm³/mol. The van der Waals surface area contributed by atoms with Crippen molar-refractivity contribution in [3.8, 4) is 0 Å². The maximum absolute atomic E-state index is 14.6. The van der Waals surface area contributed by atoms with Gasteiger partial charge in [-0.15, -0.1) is 11.3 Å². The number of hydrogen-bond donors (Lipinski definition) is 3. The van der Waals surface area contributed by atoms with Gasteiger partial charge < -0.3 is 16.0 Å². The van der Waals surface area contributed by atoms with Crippen LogP contribution in [0.4, 0.5) is 15.1 Å². The zero-order valence-electron chi connectivity index (χ0n) is 18.6. The summed E-state index contributed by atoms with van der Waals surface area (Å²) >= 11 is 3.13. The fraction of sp³-hybridized carbons (Fsp3) is 0.240. The lowest BCUT2D eigenvalue weighted by molar-refractivity contribution is 0.0904. The van der Waals surface area contributed by atoms with Gasteiger partial charge in [-0.25, -0.2) is 4.39 Å². The van der Waals surface area contributed by atoms with Crippen LogP contribution in [0, 0.1) is 14.8 Å². The first kappa shape index (κ1) is 24.3. The molecule has 4 rings (SSSR count). The number of nitrogens with one attached hydrogen (secondary N) is 3. The van der Waals surface area contributed by atoms with Crippen molar-refractivity contribution in [2.24, 2.45) is 5.41 Å². The summed E-state index contributed by atoms with van der Waals surface area (Å²) in [6.07, 6.45) is 0.476. The molecular weight excluding hydrogens is 568 g/mol. The molecule has 1 aromatic heterocycles. The molecule has 34 heavy (non-hydrogen) atoms. The van der Waals surface area contributed by atoms with Crippen LogP contribution >= 0.6 is 33.9 Å². The van der Waals surface area contributed by atoms with Crippen molar-refractivity contribution in [2.45, 2.75) is 20.3 Å². The van der Waals surface area contributed by atoms with Gasteiger partial charge >= 0.3 is 0 Å². The second kappa shape index (κ2) is 9.83. The number of carbonyl (C=O) groups excluding carboxylic acids is 3. The molecule has 2 aromatic carbocycles. The standard InChI is InChI=1S/C25H23FIN3O3S/c1-25(2)11-16-20(22(32)28-12-19(31)14-6-4-3-5-7-14)24(34-21(16)23(33)29-13-25)30-18-9-8-15(27)10-17(18)26/h3-10,30H,11-13H2,1-2H3,(H,28,32)(H,29,33). The van der Waals surface area contributed by atoms with Crippen LogP contribution in [-0.2, 0) is 6.42 Å². The number of fused-ring (bicyclic) bond motifs is 1. The summed E-state index contributed by atoms with van der Waals surface area (Å²) in [6, 6.07) is 13.4. The maximum Gasteiger partial charge on any atom is 0.261 e. The van der Waals surface area contributed by atoms with Crippen LogP contribution < -0.4 is 16.0 Å². The normalized spacial score (nSPS) is 14.5. The largest absolute Gasteiger partial charge is 0.351 e. The van der Waals surface area contributed by atoms with E-state index in [0.717, 1.165) is 14.9 Å². The van der Waals surface area contributed by atoms with E-state index in [1.807, 2.05) is 42.5 Å². The lowest BCUT2D eigenvalue weighted by Crippen LogP contribution is -2.32. The minimum absolute atomic E-state index is 0.194. The van der Waals surface area contributed by atoms with Gasteiger partial charge in [-0.2, -0.15) is 0 Å². The molecule has 0 aliphatic carbocycles. The number of rotatable bonds is 6. The van der Waals surface area contributed by atoms with Gasteiger partial charge in [0.1, 0.15) is 10.8 Å². The fourth-order valence-electron chi connectivity index (χ4n) is 3.77. The van der Waals surface area contributed by atoms with Crippen molar-refractivity contribution in [2.75, 3.05) is 18.4 Å². The van der Waals surface area contributed by atoms with Gasteiger partial charge in [0.15, 0.2) is 5.78 Å². The van der Waals surface area contributed by atoms with E-state index in [2.05, 4.69) is 16.0 Å². The first-order valence-electron chi connectivity index (χ1n) is 10.7. The van der Waals surface area contributed by atoms with Crippen molar-refractivity contribution in [1.29, 1.82) is 0 Å². The average Bonchev–Trinajstić information content (AvgIpc) is 3.10. The Morgan fingerprint density at radius 1 is 1.18 bits per heavy atom. The Hall–Kier alpha value is -2.79. The summed E-state index contributed by atoms with van der Waals surface area (Å²) in [5, 5.41) is 8.98. The molecule has 0 fully saturated rings. The highest BCUT2D eigenvalue weighted by Crippen LogP contribution is 2.40. The van der Waals surface area contributed by atoms with Gasteiger partial charge in [-0.1, -0.05) is 44.2 Å². The molecule has 6 nitrogen and oxygen atoms in total. The van der Waals surface area contributed by atoms with Crippen LogP contribution in [0.25, 0.3) is 0 Å². The summed E-state index contributed by atoms with van der Waals surface area (Å²) in [4.78, 5) is 39.1. The third kappa shape index (κ3) is 5.30. The number of thiophene rings is 1. The number of carbonyl (C=O) groups is 3. The van der Waals surface area contributed by atoms with Gasteiger partial charge in [-0.05, 0) is 58.2 Å². The maximum atomic E-state index is 14.6. The zero-order valence-corrected chi connectivity index (χ0v) is 21.6. The molecule has 1 aliphatic rings. The highest BCUT2D eigenvalue weighted by atomic mass is 127.